The SMILES string of the molecule is Cn1cnnc1[C@H]1C[C@H](CNC(=O)CCCC2CCOCC2)[C@H](O)C1. The lowest BCUT2D eigenvalue weighted by Gasteiger charge is -2.21. The van der Waals surface area contributed by atoms with Crippen molar-refractivity contribution in [3.63, 3.8) is 0 Å². The van der Waals surface area contributed by atoms with Crippen molar-refractivity contribution < 1.29 is 14.6 Å². The molecule has 1 aromatic rings. The Morgan fingerprint density at radius 1 is 1.40 bits per heavy atom. The summed E-state index contributed by atoms with van der Waals surface area (Å²) in [7, 11) is 1.93. The standard InChI is InChI=1S/C18H30N4O3/c1-22-12-20-21-18(22)14-9-15(16(23)10-14)11-19-17(24)4-2-3-13-5-7-25-8-6-13/h12-16,23H,2-11H2,1H3,(H,19,24)/t14-,15+,16+/m0/s1. The zero-order chi connectivity index (χ0) is 17.6. The number of carbonyl (C=O) groups is 1. The summed E-state index contributed by atoms with van der Waals surface area (Å²) in [6.07, 6.45) is 7.71. The molecular weight excluding hydrogens is 320 g/mol. The molecule has 1 aromatic heterocycles. The Bertz CT molecular complexity index is 556. The summed E-state index contributed by atoms with van der Waals surface area (Å²) in [5.74, 6) is 2.05. The Kier molecular flexibility index (Phi) is 6.42. The number of carbonyl (C=O) groups excluding carboxylic acids is 1. The summed E-state index contributed by atoms with van der Waals surface area (Å²) < 4.78 is 7.27. The van der Waals surface area contributed by atoms with Gasteiger partial charge in [0.05, 0.1) is 6.10 Å². The predicted molar refractivity (Wildman–Crippen MR) is 92.9 cm³/mol. The van der Waals surface area contributed by atoms with Gasteiger partial charge in [-0.05, 0) is 44.4 Å². The van der Waals surface area contributed by atoms with Crippen LogP contribution in [0, 0.1) is 11.8 Å². The van der Waals surface area contributed by atoms with Gasteiger partial charge in [-0.25, -0.2) is 0 Å². The third-order valence-corrected chi connectivity index (χ3v) is 5.69. The van der Waals surface area contributed by atoms with E-state index in [-0.39, 0.29) is 23.8 Å². The summed E-state index contributed by atoms with van der Waals surface area (Å²) in [5.41, 5.74) is 0. The van der Waals surface area contributed by atoms with Crippen molar-refractivity contribution in [3.8, 4) is 0 Å². The number of aryl methyl sites for hydroxylation is 1. The first-order chi connectivity index (χ1) is 12.1. The van der Waals surface area contributed by atoms with E-state index >= 15 is 0 Å². The highest BCUT2D eigenvalue weighted by atomic mass is 16.5. The summed E-state index contributed by atoms with van der Waals surface area (Å²) in [5, 5.41) is 21.4. The third-order valence-electron chi connectivity index (χ3n) is 5.69. The molecule has 7 heteroatoms. The van der Waals surface area contributed by atoms with Crippen molar-refractivity contribution in [2.45, 2.75) is 57.0 Å². The third kappa shape index (κ3) is 5.01. The lowest BCUT2D eigenvalue weighted by Crippen LogP contribution is -2.32. The van der Waals surface area contributed by atoms with Crippen molar-refractivity contribution in [3.05, 3.63) is 12.2 Å². The first-order valence-electron chi connectivity index (χ1n) is 9.50. The van der Waals surface area contributed by atoms with Gasteiger partial charge in [0.1, 0.15) is 12.2 Å². The summed E-state index contributed by atoms with van der Waals surface area (Å²) in [6, 6.07) is 0. The first kappa shape index (κ1) is 18.3. The van der Waals surface area contributed by atoms with Crippen LogP contribution in [0.5, 0.6) is 0 Å². The molecular formula is C18H30N4O3. The number of aliphatic hydroxyl groups is 1. The van der Waals surface area contributed by atoms with Gasteiger partial charge in [0.25, 0.3) is 0 Å². The lowest BCUT2D eigenvalue weighted by molar-refractivity contribution is -0.121. The van der Waals surface area contributed by atoms with E-state index in [1.54, 1.807) is 6.33 Å². The van der Waals surface area contributed by atoms with Crippen LogP contribution in [0.15, 0.2) is 6.33 Å². The number of nitrogens with one attached hydrogen (secondary N) is 1. The van der Waals surface area contributed by atoms with Crippen LogP contribution in [-0.4, -0.2) is 51.6 Å². The molecule has 0 aromatic carbocycles. The topological polar surface area (TPSA) is 89.3 Å². The summed E-state index contributed by atoms with van der Waals surface area (Å²) in [4.78, 5) is 12.1. The number of hydrogen-bond donors (Lipinski definition) is 2. The molecule has 2 fully saturated rings. The molecule has 1 saturated carbocycles. The van der Waals surface area contributed by atoms with E-state index < -0.39 is 0 Å². The maximum Gasteiger partial charge on any atom is 0.220 e. The molecule has 1 amide bonds. The first-order valence-corrected chi connectivity index (χ1v) is 9.50. The monoisotopic (exact) mass is 350 g/mol. The van der Waals surface area contributed by atoms with E-state index in [1.165, 1.54) is 0 Å². The van der Waals surface area contributed by atoms with Crippen molar-refractivity contribution in [2.24, 2.45) is 18.9 Å². The Labute approximate surface area is 149 Å². The Balaban J connectivity index is 1.35. The second kappa shape index (κ2) is 8.76. The van der Waals surface area contributed by atoms with Gasteiger partial charge in [-0.3, -0.25) is 4.79 Å². The summed E-state index contributed by atoms with van der Waals surface area (Å²) in [6.45, 7) is 2.28. The van der Waals surface area contributed by atoms with Crippen molar-refractivity contribution in [1.82, 2.24) is 20.1 Å². The van der Waals surface area contributed by atoms with Crippen LogP contribution in [0.25, 0.3) is 0 Å². The van der Waals surface area contributed by atoms with E-state index in [2.05, 4.69) is 15.5 Å². The molecule has 2 heterocycles. The van der Waals surface area contributed by atoms with E-state index in [1.807, 2.05) is 11.6 Å². The smallest absolute Gasteiger partial charge is 0.220 e. The maximum absolute atomic E-state index is 12.1. The van der Waals surface area contributed by atoms with Crippen molar-refractivity contribution >= 4 is 5.91 Å². The number of nitrogens with zero attached hydrogens (tertiary/aromatic N) is 3. The summed E-state index contributed by atoms with van der Waals surface area (Å²) >= 11 is 0. The van der Waals surface area contributed by atoms with Gasteiger partial charge in [-0.2, -0.15) is 0 Å². The number of aliphatic hydroxyl groups excluding tert-OH is 1. The molecule has 2 N–H and O–H groups in total. The number of ether oxygens (including phenoxy) is 1. The van der Waals surface area contributed by atoms with Gasteiger partial charge < -0.3 is 19.7 Å². The van der Waals surface area contributed by atoms with Gasteiger partial charge in [0, 0.05) is 45.1 Å². The molecule has 0 bridgehead atoms. The fraction of sp³-hybridized carbons (Fsp3) is 0.833. The molecule has 1 aliphatic carbocycles. The van der Waals surface area contributed by atoms with E-state index in [0.717, 1.165) is 51.1 Å². The van der Waals surface area contributed by atoms with Crippen LogP contribution >= 0.6 is 0 Å². The molecule has 1 aliphatic heterocycles. The Morgan fingerprint density at radius 3 is 2.92 bits per heavy atom. The highest BCUT2D eigenvalue weighted by Gasteiger charge is 2.35. The number of amides is 1. The zero-order valence-electron chi connectivity index (χ0n) is 15.1. The minimum atomic E-state index is -0.385. The average Bonchev–Trinajstić information content (AvgIpc) is 3.19. The molecule has 2 aliphatic rings. The number of aromatic nitrogens is 3. The van der Waals surface area contributed by atoms with Crippen LogP contribution < -0.4 is 5.32 Å². The fourth-order valence-electron chi connectivity index (χ4n) is 4.11. The second-order valence-corrected chi connectivity index (χ2v) is 7.55. The van der Waals surface area contributed by atoms with Crippen LogP contribution in [-0.2, 0) is 16.6 Å². The number of rotatable bonds is 7. The van der Waals surface area contributed by atoms with Crippen LogP contribution in [0.4, 0.5) is 0 Å². The zero-order valence-corrected chi connectivity index (χ0v) is 15.1. The molecule has 3 atom stereocenters. The minimum Gasteiger partial charge on any atom is -0.393 e. The van der Waals surface area contributed by atoms with Crippen molar-refractivity contribution in [2.75, 3.05) is 19.8 Å². The lowest BCUT2D eigenvalue weighted by atomic mass is 9.94. The van der Waals surface area contributed by atoms with Crippen LogP contribution in [0.1, 0.15) is 56.7 Å². The number of hydrogen-bond acceptors (Lipinski definition) is 5. The molecule has 7 nitrogen and oxygen atoms in total. The van der Waals surface area contributed by atoms with E-state index in [4.69, 9.17) is 4.74 Å². The molecule has 3 rings (SSSR count). The van der Waals surface area contributed by atoms with Gasteiger partial charge in [-0.15, -0.1) is 10.2 Å². The average molecular weight is 350 g/mol. The van der Waals surface area contributed by atoms with Gasteiger partial charge in [-0.1, -0.05) is 0 Å². The van der Waals surface area contributed by atoms with Gasteiger partial charge in [0.2, 0.25) is 5.91 Å². The van der Waals surface area contributed by atoms with Crippen LogP contribution in [0.3, 0.4) is 0 Å². The predicted octanol–water partition coefficient (Wildman–Crippen LogP) is 1.38. The van der Waals surface area contributed by atoms with Crippen molar-refractivity contribution in [1.29, 1.82) is 0 Å². The van der Waals surface area contributed by atoms with Gasteiger partial charge in [0.15, 0.2) is 0 Å². The van der Waals surface area contributed by atoms with Gasteiger partial charge >= 0.3 is 0 Å². The molecule has 0 spiro atoms. The molecule has 0 unspecified atom stereocenters. The highest BCUT2D eigenvalue weighted by Crippen LogP contribution is 2.37. The molecule has 1 saturated heterocycles. The molecule has 25 heavy (non-hydrogen) atoms. The van der Waals surface area contributed by atoms with Crippen LogP contribution in [0.2, 0.25) is 0 Å². The maximum atomic E-state index is 12.1. The Morgan fingerprint density at radius 2 is 2.20 bits per heavy atom. The quantitative estimate of drug-likeness (QED) is 0.775. The normalized spacial score (nSPS) is 27.5. The molecule has 140 valence electrons. The highest BCUT2D eigenvalue weighted by molar-refractivity contribution is 5.75. The molecule has 0 radical (unpaired) electrons. The second-order valence-electron chi connectivity index (χ2n) is 7.55. The Hall–Kier alpha value is -1.47. The van der Waals surface area contributed by atoms with E-state index in [0.29, 0.717) is 25.3 Å². The fourth-order valence-corrected chi connectivity index (χ4v) is 4.11. The largest absolute Gasteiger partial charge is 0.393 e. The minimum absolute atomic E-state index is 0.0983. The van der Waals surface area contributed by atoms with E-state index in [9.17, 15) is 9.90 Å².